The third-order valence-corrected chi connectivity index (χ3v) is 8.46. The molecular weight excluding hydrogens is 422 g/mol. The Morgan fingerprint density at radius 1 is 0.844 bits per heavy atom. The Morgan fingerprint density at radius 3 is 2.41 bits per heavy atom. The number of carbonyl (C=O) groups is 1. The van der Waals surface area contributed by atoms with Crippen LogP contribution in [0.3, 0.4) is 0 Å². The summed E-state index contributed by atoms with van der Waals surface area (Å²) in [6, 6.07) is 15.0. The number of nitrogens with zero attached hydrogens (tertiary/aromatic N) is 3. The second kappa shape index (κ2) is 10.1. The first kappa shape index (κ1) is 23.0. The molecule has 0 saturated carbocycles. The lowest BCUT2D eigenvalue weighted by Gasteiger charge is -2.26. The van der Waals surface area contributed by atoms with Gasteiger partial charge >= 0.3 is 0 Å². The number of hydrogen-bond acceptors (Lipinski definition) is 4. The number of hydrogen-bond donors (Lipinski definition) is 0. The van der Waals surface area contributed by atoms with Crippen LogP contribution in [0.2, 0.25) is 0 Å². The van der Waals surface area contributed by atoms with E-state index in [2.05, 4.69) is 36.1 Å². The highest BCUT2D eigenvalue weighted by Crippen LogP contribution is 2.22. The molecule has 0 atom stereocenters. The van der Waals surface area contributed by atoms with Gasteiger partial charge in [-0.1, -0.05) is 36.8 Å². The smallest absolute Gasteiger partial charge is 0.253 e. The highest BCUT2D eigenvalue weighted by atomic mass is 32.2. The SMILES string of the molecule is Cc1ccccc1CN1CCCN(C(=O)c2cccc(S(=O)(=O)N3CCCCC3)c2)CC1. The van der Waals surface area contributed by atoms with Gasteiger partial charge in [-0.05, 0) is 55.5 Å². The average Bonchev–Trinajstić information content (AvgIpc) is 3.06. The quantitative estimate of drug-likeness (QED) is 0.692. The highest BCUT2D eigenvalue weighted by Gasteiger charge is 2.27. The van der Waals surface area contributed by atoms with E-state index in [4.69, 9.17) is 0 Å². The zero-order chi connectivity index (χ0) is 22.6. The van der Waals surface area contributed by atoms with Gasteiger partial charge in [-0.2, -0.15) is 4.31 Å². The third-order valence-electron chi connectivity index (χ3n) is 6.56. The predicted octanol–water partition coefficient (Wildman–Crippen LogP) is 3.52. The van der Waals surface area contributed by atoms with Gasteiger partial charge in [0, 0.05) is 51.4 Å². The fourth-order valence-corrected chi connectivity index (χ4v) is 6.15. The molecule has 172 valence electrons. The Hall–Kier alpha value is -2.22. The van der Waals surface area contributed by atoms with Crippen molar-refractivity contribution in [2.45, 2.75) is 44.0 Å². The zero-order valence-electron chi connectivity index (χ0n) is 18.9. The zero-order valence-corrected chi connectivity index (χ0v) is 19.7. The standard InChI is InChI=1S/C25H33N3O3S/c1-21-9-3-4-10-23(21)20-26-13-8-14-27(18-17-26)25(29)22-11-7-12-24(19-22)32(30,31)28-15-5-2-6-16-28/h3-4,7,9-12,19H,2,5-6,8,13-18,20H2,1H3. The molecule has 2 fully saturated rings. The van der Waals surface area contributed by atoms with Crippen LogP contribution in [0, 0.1) is 6.92 Å². The lowest BCUT2D eigenvalue weighted by atomic mass is 10.1. The summed E-state index contributed by atoms with van der Waals surface area (Å²) in [5.74, 6) is -0.0848. The van der Waals surface area contributed by atoms with Crippen LogP contribution in [0.15, 0.2) is 53.4 Å². The van der Waals surface area contributed by atoms with Gasteiger partial charge in [-0.25, -0.2) is 8.42 Å². The summed E-state index contributed by atoms with van der Waals surface area (Å²) in [4.78, 5) is 17.7. The van der Waals surface area contributed by atoms with Crippen molar-refractivity contribution in [1.82, 2.24) is 14.1 Å². The number of piperidine rings is 1. The predicted molar refractivity (Wildman–Crippen MR) is 126 cm³/mol. The van der Waals surface area contributed by atoms with Crippen LogP contribution < -0.4 is 0 Å². The summed E-state index contributed by atoms with van der Waals surface area (Å²) in [5, 5.41) is 0. The molecule has 1 amide bonds. The van der Waals surface area contributed by atoms with E-state index in [1.54, 1.807) is 28.6 Å². The number of rotatable bonds is 5. The number of benzene rings is 2. The molecule has 2 aliphatic heterocycles. The molecule has 32 heavy (non-hydrogen) atoms. The first-order chi connectivity index (χ1) is 15.4. The summed E-state index contributed by atoms with van der Waals surface area (Å²) < 4.78 is 27.6. The Labute approximate surface area is 191 Å². The van der Waals surface area contributed by atoms with Crippen molar-refractivity contribution in [2.75, 3.05) is 39.3 Å². The molecule has 7 heteroatoms. The number of carbonyl (C=O) groups excluding carboxylic acids is 1. The van der Waals surface area contributed by atoms with E-state index in [9.17, 15) is 13.2 Å². The van der Waals surface area contributed by atoms with Gasteiger partial charge in [-0.3, -0.25) is 9.69 Å². The van der Waals surface area contributed by atoms with E-state index in [0.717, 1.165) is 45.3 Å². The van der Waals surface area contributed by atoms with Gasteiger partial charge < -0.3 is 4.90 Å². The number of aryl methyl sites for hydroxylation is 1. The van der Waals surface area contributed by atoms with Crippen molar-refractivity contribution in [2.24, 2.45) is 0 Å². The molecule has 0 aliphatic carbocycles. The molecule has 0 spiro atoms. The molecule has 0 bridgehead atoms. The van der Waals surface area contributed by atoms with E-state index in [1.807, 2.05) is 4.90 Å². The molecule has 2 heterocycles. The Balaban J connectivity index is 1.43. The van der Waals surface area contributed by atoms with E-state index >= 15 is 0 Å². The van der Waals surface area contributed by atoms with Crippen LogP contribution >= 0.6 is 0 Å². The second-order valence-corrected chi connectivity index (χ2v) is 10.8. The molecule has 2 aliphatic rings. The highest BCUT2D eigenvalue weighted by molar-refractivity contribution is 7.89. The van der Waals surface area contributed by atoms with Crippen LogP contribution in [0.4, 0.5) is 0 Å². The van der Waals surface area contributed by atoms with Gasteiger partial charge in [0.1, 0.15) is 0 Å². The Bertz CT molecular complexity index is 1050. The average molecular weight is 456 g/mol. The van der Waals surface area contributed by atoms with Crippen LogP contribution in [-0.4, -0.2) is 67.7 Å². The van der Waals surface area contributed by atoms with E-state index in [0.29, 0.717) is 31.7 Å². The fourth-order valence-electron chi connectivity index (χ4n) is 4.59. The van der Waals surface area contributed by atoms with Crippen LogP contribution in [0.5, 0.6) is 0 Å². The van der Waals surface area contributed by atoms with Crippen molar-refractivity contribution in [3.8, 4) is 0 Å². The molecule has 2 aromatic carbocycles. The number of amides is 1. The maximum Gasteiger partial charge on any atom is 0.253 e. The molecule has 0 radical (unpaired) electrons. The van der Waals surface area contributed by atoms with Crippen molar-refractivity contribution >= 4 is 15.9 Å². The summed E-state index contributed by atoms with van der Waals surface area (Å²) in [7, 11) is -3.55. The van der Waals surface area contributed by atoms with Gasteiger partial charge in [-0.15, -0.1) is 0 Å². The second-order valence-electron chi connectivity index (χ2n) is 8.84. The topological polar surface area (TPSA) is 60.9 Å². The van der Waals surface area contributed by atoms with E-state index in [-0.39, 0.29) is 10.8 Å². The molecule has 2 saturated heterocycles. The van der Waals surface area contributed by atoms with Gasteiger partial charge in [0.15, 0.2) is 0 Å². The maximum absolute atomic E-state index is 13.2. The van der Waals surface area contributed by atoms with Gasteiger partial charge in [0.05, 0.1) is 4.90 Å². The Morgan fingerprint density at radius 2 is 1.62 bits per heavy atom. The first-order valence-corrected chi connectivity index (χ1v) is 13.1. The summed E-state index contributed by atoms with van der Waals surface area (Å²) in [6.07, 6.45) is 3.76. The minimum Gasteiger partial charge on any atom is -0.337 e. The molecule has 4 rings (SSSR count). The molecule has 0 N–H and O–H groups in total. The lowest BCUT2D eigenvalue weighted by molar-refractivity contribution is 0.0761. The molecule has 0 aromatic heterocycles. The third kappa shape index (κ3) is 5.22. The summed E-state index contributed by atoms with van der Waals surface area (Å²) in [5.41, 5.74) is 3.06. The molecular formula is C25H33N3O3S. The van der Waals surface area contributed by atoms with Gasteiger partial charge in [0.2, 0.25) is 10.0 Å². The first-order valence-electron chi connectivity index (χ1n) is 11.6. The summed E-state index contributed by atoms with van der Waals surface area (Å²) in [6.45, 7) is 7.23. The molecule has 6 nitrogen and oxygen atoms in total. The van der Waals surface area contributed by atoms with E-state index < -0.39 is 10.0 Å². The maximum atomic E-state index is 13.2. The Kier molecular flexibility index (Phi) is 7.28. The van der Waals surface area contributed by atoms with Crippen molar-refractivity contribution < 1.29 is 13.2 Å². The largest absolute Gasteiger partial charge is 0.337 e. The monoisotopic (exact) mass is 455 g/mol. The van der Waals surface area contributed by atoms with Crippen LogP contribution in [-0.2, 0) is 16.6 Å². The minimum atomic E-state index is -3.55. The van der Waals surface area contributed by atoms with Crippen molar-refractivity contribution in [1.29, 1.82) is 0 Å². The van der Waals surface area contributed by atoms with E-state index in [1.165, 1.54) is 11.1 Å². The summed E-state index contributed by atoms with van der Waals surface area (Å²) >= 11 is 0. The van der Waals surface area contributed by atoms with Crippen molar-refractivity contribution in [3.63, 3.8) is 0 Å². The number of sulfonamides is 1. The van der Waals surface area contributed by atoms with Gasteiger partial charge in [0.25, 0.3) is 5.91 Å². The molecule has 2 aromatic rings. The minimum absolute atomic E-state index is 0.0848. The van der Waals surface area contributed by atoms with Crippen molar-refractivity contribution in [3.05, 3.63) is 65.2 Å². The lowest BCUT2D eigenvalue weighted by Crippen LogP contribution is -2.36. The van der Waals surface area contributed by atoms with Crippen LogP contribution in [0.25, 0.3) is 0 Å². The fraction of sp³-hybridized carbons (Fsp3) is 0.480. The normalized spacial score (nSPS) is 19.0. The molecule has 0 unspecified atom stereocenters. The van der Waals surface area contributed by atoms with Crippen LogP contribution in [0.1, 0.15) is 47.2 Å².